The van der Waals surface area contributed by atoms with Gasteiger partial charge in [-0.3, -0.25) is 20.0 Å². The van der Waals surface area contributed by atoms with Crippen LogP contribution in [0.15, 0.2) is 30.5 Å². The molecule has 0 saturated carbocycles. The molecule has 0 atom stereocenters. The Kier molecular flexibility index (Phi) is 5.94. The second-order valence-corrected chi connectivity index (χ2v) is 9.13. The quantitative estimate of drug-likeness (QED) is 0.734. The third-order valence-corrected chi connectivity index (χ3v) is 7.04. The van der Waals surface area contributed by atoms with E-state index in [9.17, 15) is 9.59 Å². The normalized spacial score (nSPS) is 19.9. The zero-order valence-corrected chi connectivity index (χ0v) is 19.1. The number of urea groups is 1. The van der Waals surface area contributed by atoms with E-state index < -0.39 is 0 Å². The number of piperazine rings is 1. The maximum absolute atomic E-state index is 12.2. The van der Waals surface area contributed by atoms with Crippen LogP contribution in [0.25, 0.3) is 0 Å². The fraction of sp³-hybridized carbons (Fsp3) is 0.409. The summed E-state index contributed by atoms with van der Waals surface area (Å²) in [5.74, 6) is 0.540. The average molecular weight is 475 g/mol. The lowest BCUT2D eigenvalue weighted by Gasteiger charge is -2.35. The van der Waals surface area contributed by atoms with Crippen LogP contribution in [0.3, 0.4) is 0 Å². The zero-order valence-electron chi connectivity index (χ0n) is 17.6. The molecule has 10 heteroatoms. The first-order valence-corrected chi connectivity index (χ1v) is 11.5. The Morgan fingerprint density at radius 3 is 2.53 bits per heavy atom. The number of nitrogens with one attached hydrogen (secondary N) is 1. The first-order chi connectivity index (χ1) is 15.5. The third kappa shape index (κ3) is 4.28. The Morgan fingerprint density at radius 2 is 1.75 bits per heavy atom. The van der Waals surface area contributed by atoms with Crippen LogP contribution in [0, 0.1) is 0 Å². The maximum Gasteiger partial charge on any atom is 0.338 e. The second-order valence-electron chi connectivity index (χ2n) is 8.35. The molecule has 4 heterocycles. The van der Waals surface area contributed by atoms with Gasteiger partial charge in [-0.1, -0.05) is 41.4 Å². The van der Waals surface area contributed by atoms with Gasteiger partial charge in [0.1, 0.15) is 10.8 Å². The van der Waals surface area contributed by atoms with Crippen LogP contribution in [0.2, 0.25) is 10.0 Å². The van der Waals surface area contributed by atoms with E-state index in [1.54, 1.807) is 17.3 Å². The number of imide groups is 1. The van der Waals surface area contributed by atoms with Gasteiger partial charge in [0, 0.05) is 65.0 Å². The molecule has 0 spiro atoms. The summed E-state index contributed by atoms with van der Waals surface area (Å²) in [5, 5.41) is 7.09. The van der Waals surface area contributed by atoms with Crippen LogP contribution in [0.5, 0.6) is 0 Å². The van der Waals surface area contributed by atoms with Gasteiger partial charge in [0.05, 0.1) is 5.02 Å². The fourth-order valence-electron chi connectivity index (χ4n) is 4.53. The highest BCUT2D eigenvalue weighted by Crippen LogP contribution is 2.31. The molecule has 168 valence electrons. The lowest BCUT2D eigenvalue weighted by Crippen LogP contribution is -2.55. The molecule has 3 aliphatic heterocycles. The minimum absolute atomic E-state index is 0.209. The minimum atomic E-state index is -0.332. The lowest BCUT2D eigenvalue weighted by molar-refractivity contribution is -0.124. The molecule has 8 nitrogen and oxygen atoms in total. The number of pyridine rings is 1. The number of hydrogen-bond acceptors (Lipinski definition) is 6. The lowest BCUT2D eigenvalue weighted by atomic mass is 10.1. The molecule has 3 amide bonds. The van der Waals surface area contributed by atoms with Gasteiger partial charge in [0.25, 0.3) is 0 Å². The molecule has 5 rings (SSSR count). The summed E-state index contributed by atoms with van der Waals surface area (Å²) in [6.45, 7) is 6.17. The summed E-state index contributed by atoms with van der Waals surface area (Å²) in [6, 6.07) is 7.94. The van der Waals surface area contributed by atoms with Gasteiger partial charge < -0.3 is 4.90 Å². The average Bonchev–Trinajstić information content (AvgIpc) is 3.19. The number of carbonyl (C=O) groups is 2. The Bertz CT molecular complexity index is 1060. The molecular weight excluding hydrogens is 451 g/mol. The van der Waals surface area contributed by atoms with Crippen LogP contribution in [-0.2, 0) is 24.4 Å². The molecule has 0 bridgehead atoms. The largest absolute Gasteiger partial charge is 0.353 e. The fourth-order valence-corrected chi connectivity index (χ4v) is 4.90. The highest BCUT2D eigenvalue weighted by Gasteiger charge is 2.32. The van der Waals surface area contributed by atoms with E-state index in [1.807, 2.05) is 5.01 Å². The Labute approximate surface area is 196 Å². The van der Waals surface area contributed by atoms with E-state index >= 15 is 0 Å². The number of nitrogens with zero attached hydrogens (tertiary/aromatic N) is 5. The van der Waals surface area contributed by atoms with Crippen LogP contribution in [0.1, 0.15) is 23.1 Å². The SMILES string of the molecule is O=C1CCN(N2Cc3ccc(CN4CCN(c5nccc(Cl)c5Cl)CC4)cc3C2)C(=O)N1. The van der Waals surface area contributed by atoms with Crippen LogP contribution >= 0.6 is 23.2 Å². The summed E-state index contributed by atoms with van der Waals surface area (Å²) in [4.78, 5) is 32.6. The van der Waals surface area contributed by atoms with E-state index in [2.05, 4.69) is 38.3 Å². The van der Waals surface area contributed by atoms with E-state index in [0.717, 1.165) is 38.5 Å². The molecule has 1 aromatic heterocycles. The van der Waals surface area contributed by atoms with E-state index in [1.165, 1.54) is 16.7 Å². The number of aromatic nitrogens is 1. The standard InChI is InChI=1S/C22H24Cl2N6O2/c23-18-3-5-25-21(20(18)24)28-9-7-27(8-10-28)12-15-1-2-16-13-29(14-17(16)11-15)30-6-4-19(31)26-22(30)32/h1-3,5,11H,4,6-10,12-14H2,(H,26,31,32). The summed E-state index contributed by atoms with van der Waals surface area (Å²) in [5.41, 5.74) is 3.72. The summed E-state index contributed by atoms with van der Waals surface area (Å²) >= 11 is 12.5. The van der Waals surface area contributed by atoms with Crippen molar-refractivity contribution < 1.29 is 9.59 Å². The predicted molar refractivity (Wildman–Crippen MR) is 122 cm³/mol. The van der Waals surface area contributed by atoms with Gasteiger partial charge in [0.15, 0.2) is 0 Å². The van der Waals surface area contributed by atoms with Crippen molar-refractivity contribution >= 4 is 41.0 Å². The number of carbonyl (C=O) groups excluding carboxylic acids is 2. The number of fused-ring (bicyclic) bond motifs is 1. The van der Waals surface area contributed by atoms with Crippen molar-refractivity contribution in [3.63, 3.8) is 0 Å². The van der Waals surface area contributed by atoms with Crippen molar-refractivity contribution in [2.45, 2.75) is 26.1 Å². The highest BCUT2D eigenvalue weighted by atomic mass is 35.5. The first-order valence-electron chi connectivity index (χ1n) is 10.7. The molecule has 1 N–H and O–H groups in total. The van der Waals surface area contributed by atoms with Gasteiger partial charge in [-0.05, 0) is 22.8 Å². The van der Waals surface area contributed by atoms with Crippen LogP contribution in [0.4, 0.5) is 10.6 Å². The van der Waals surface area contributed by atoms with Crippen molar-refractivity contribution in [1.82, 2.24) is 25.2 Å². The van der Waals surface area contributed by atoms with Crippen LogP contribution < -0.4 is 10.2 Å². The van der Waals surface area contributed by atoms with Crippen molar-refractivity contribution in [3.8, 4) is 0 Å². The molecule has 2 aromatic rings. The number of hydrogen-bond donors (Lipinski definition) is 1. The van der Waals surface area contributed by atoms with Crippen molar-refractivity contribution in [3.05, 3.63) is 57.2 Å². The topological polar surface area (TPSA) is 72.0 Å². The van der Waals surface area contributed by atoms with Crippen molar-refractivity contribution in [2.75, 3.05) is 37.6 Å². The number of halogens is 2. The molecule has 0 aliphatic carbocycles. The number of amides is 3. The highest BCUT2D eigenvalue weighted by molar-refractivity contribution is 6.43. The molecule has 0 radical (unpaired) electrons. The van der Waals surface area contributed by atoms with E-state index in [-0.39, 0.29) is 11.9 Å². The van der Waals surface area contributed by atoms with Gasteiger partial charge in [-0.2, -0.15) is 0 Å². The van der Waals surface area contributed by atoms with Gasteiger partial charge in [-0.15, -0.1) is 0 Å². The van der Waals surface area contributed by atoms with Gasteiger partial charge in [0.2, 0.25) is 5.91 Å². The Morgan fingerprint density at radius 1 is 0.969 bits per heavy atom. The minimum Gasteiger partial charge on any atom is -0.353 e. The van der Waals surface area contributed by atoms with Crippen LogP contribution in [-0.4, -0.2) is 64.6 Å². The molecular formula is C22H24Cl2N6O2. The number of anilines is 1. The number of hydrazine groups is 1. The van der Waals surface area contributed by atoms with Crippen molar-refractivity contribution in [2.24, 2.45) is 0 Å². The number of rotatable bonds is 4. The molecule has 32 heavy (non-hydrogen) atoms. The third-order valence-electron chi connectivity index (χ3n) is 6.25. The van der Waals surface area contributed by atoms with Crippen molar-refractivity contribution in [1.29, 1.82) is 0 Å². The second kappa shape index (κ2) is 8.86. The van der Waals surface area contributed by atoms with Gasteiger partial charge >= 0.3 is 6.03 Å². The Hall–Kier alpha value is -2.39. The monoisotopic (exact) mass is 474 g/mol. The molecule has 2 saturated heterocycles. The first kappa shape index (κ1) is 21.5. The molecule has 2 fully saturated rings. The zero-order chi connectivity index (χ0) is 22.2. The smallest absolute Gasteiger partial charge is 0.338 e. The predicted octanol–water partition coefficient (Wildman–Crippen LogP) is 2.88. The van der Waals surface area contributed by atoms with E-state index in [0.29, 0.717) is 36.1 Å². The summed E-state index contributed by atoms with van der Waals surface area (Å²) in [7, 11) is 0. The van der Waals surface area contributed by atoms with Gasteiger partial charge in [-0.25, -0.2) is 14.8 Å². The summed E-state index contributed by atoms with van der Waals surface area (Å²) < 4.78 is 0. The molecule has 1 aromatic carbocycles. The molecule has 3 aliphatic rings. The summed E-state index contributed by atoms with van der Waals surface area (Å²) in [6.07, 6.45) is 2.03. The number of benzene rings is 1. The Balaban J connectivity index is 1.19. The molecule has 0 unspecified atom stereocenters. The van der Waals surface area contributed by atoms with E-state index in [4.69, 9.17) is 23.2 Å². The maximum atomic E-state index is 12.2.